The molecule has 1 aliphatic carbocycles. The molecule has 2 aromatic rings. The number of hydrogen-bond acceptors (Lipinski definition) is 5. The van der Waals surface area contributed by atoms with Gasteiger partial charge in [-0.05, 0) is 25.7 Å². The molecule has 1 saturated carbocycles. The summed E-state index contributed by atoms with van der Waals surface area (Å²) in [4.78, 5) is 8.59. The molecule has 3 rings (SSSR count). The van der Waals surface area contributed by atoms with Crippen LogP contribution in [-0.2, 0) is 11.8 Å². The number of rotatable bonds is 5. The van der Waals surface area contributed by atoms with E-state index in [1.807, 2.05) is 18.5 Å². The molecule has 0 aromatic carbocycles. The van der Waals surface area contributed by atoms with Crippen LogP contribution in [0.2, 0.25) is 0 Å². The molecule has 0 bridgehead atoms. The summed E-state index contributed by atoms with van der Waals surface area (Å²) in [5.74, 6) is 1.66. The van der Waals surface area contributed by atoms with Gasteiger partial charge >= 0.3 is 0 Å². The van der Waals surface area contributed by atoms with Crippen molar-refractivity contribution in [2.24, 2.45) is 13.0 Å². The lowest BCUT2D eigenvalue weighted by Gasteiger charge is -2.19. The standard InChI is InChI=1S/C14H20N4O2/c1-3-19-12(10-6-4-5-7-10)14-16-13(17-20-14)11-8-15-9-18(11)2/h8-10,12H,3-7H2,1-2H3. The van der Waals surface area contributed by atoms with Gasteiger partial charge in [-0.25, -0.2) is 4.98 Å². The topological polar surface area (TPSA) is 66.0 Å². The minimum atomic E-state index is -0.0722. The lowest BCUT2D eigenvalue weighted by atomic mass is 10.0. The Labute approximate surface area is 118 Å². The predicted octanol–water partition coefficient (Wildman–Crippen LogP) is 2.74. The molecule has 108 valence electrons. The molecule has 0 aliphatic heterocycles. The van der Waals surface area contributed by atoms with Crippen molar-refractivity contribution in [3.05, 3.63) is 18.4 Å². The van der Waals surface area contributed by atoms with E-state index in [1.54, 1.807) is 12.5 Å². The zero-order valence-electron chi connectivity index (χ0n) is 12.0. The predicted molar refractivity (Wildman–Crippen MR) is 72.8 cm³/mol. The van der Waals surface area contributed by atoms with E-state index in [-0.39, 0.29) is 6.10 Å². The molecule has 2 heterocycles. The molecule has 1 unspecified atom stereocenters. The van der Waals surface area contributed by atoms with E-state index in [0.717, 1.165) is 5.69 Å². The molecule has 0 spiro atoms. The number of imidazole rings is 1. The molecule has 0 amide bonds. The molecule has 1 atom stereocenters. The Hall–Kier alpha value is -1.69. The number of aryl methyl sites for hydroxylation is 1. The molecule has 0 saturated heterocycles. The van der Waals surface area contributed by atoms with Crippen LogP contribution >= 0.6 is 0 Å². The lowest BCUT2D eigenvalue weighted by Crippen LogP contribution is -2.14. The van der Waals surface area contributed by atoms with Crippen LogP contribution in [0.25, 0.3) is 11.5 Å². The first kappa shape index (κ1) is 13.3. The normalized spacial score (nSPS) is 17.7. The molecule has 0 N–H and O–H groups in total. The van der Waals surface area contributed by atoms with Crippen LogP contribution in [0.5, 0.6) is 0 Å². The van der Waals surface area contributed by atoms with E-state index in [0.29, 0.717) is 24.2 Å². The lowest BCUT2D eigenvalue weighted by molar-refractivity contribution is -0.00158. The second kappa shape index (κ2) is 5.75. The maximum Gasteiger partial charge on any atom is 0.256 e. The molecule has 0 radical (unpaired) electrons. The van der Waals surface area contributed by atoms with Crippen molar-refractivity contribution in [2.45, 2.75) is 38.7 Å². The monoisotopic (exact) mass is 276 g/mol. The Morgan fingerprint density at radius 3 is 2.90 bits per heavy atom. The summed E-state index contributed by atoms with van der Waals surface area (Å²) in [6.45, 7) is 2.66. The van der Waals surface area contributed by atoms with Crippen LogP contribution in [0.3, 0.4) is 0 Å². The van der Waals surface area contributed by atoms with Gasteiger partial charge in [0.05, 0.1) is 12.5 Å². The molecule has 6 heteroatoms. The first-order valence-electron chi connectivity index (χ1n) is 7.21. The Balaban J connectivity index is 1.85. The summed E-state index contributed by atoms with van der Waals surface area (Å²) in [6.07, 6.45) is 8.26. The van der Waals surface area contributed by atoms with Gasteiger partial charge in [0.15, 0.2) is 0 Å². The van der Waals surface area contributed by atoms with Gasteiger partial charge < -0.3 is 13.8 Å². The van der Waals surface area contributed by atoms with E-state index in [9.17, 15) is 0 Å². The quantitative estimate of drug-likeness (QED) is 0.840. The Bertz CT molecular complexity index is 557. The summed E-state index contributed by atoms with van der Waals surface area (Å²) in [5, 5.41) is 4.07. The highest BCUT2D eigenvalue weighted by Crippen LogP contribution is 2.37. The fourth-order valence-corrected chi connectivity index (χ4v) is 2.88. The van der Waals surface area contributed by atoms with Gasteiger partial charge in [0.25, 0.3) is 5.89 Å². The first-order chi connectivity index (χ1) is 9.79. The zero-order chi connectivity index (χ0) is 13.9. The van der Waals surface area contributed by atoms with Crippen molar-refractivity contribution in [3.8, 4) is 11.5 Å². The summed E-state index contributed by atoms with van der Waals surface area (Å²) in [7, 11) is 1.91. The van der Waals surface area contributed by atoms with Crippen molar-refractivity contribution in [1.29, 1.82) is 0 Å². The fourth-order valence-electron chi connectivity index (χ4n) is 2.88. The van der Waals surface area contributed by atoms with Crippen molar-refractivity contribution in [3.63, 3.8) is 0 Å². The van der Waals surface area contributed by atoms with Gasteiger partial charge in [-0.1, -0.05) is 18.0 Å². The molecular formula is C14H20N4O2. The third-order valence-electron chi connectivity index (χ3n) is 3.91. The third kappa shape index (κ3) is 2.47. The number of aromatic nitrogens is 4. The largest absolute Gasteiger partial charge is 0.368 e. The molecule has 1 fully saturated rings. The van der Waals surface area contributed by atoms with Crippen LogP contribution in [-0.4, -0.2) is 26.3 Å². The SMILES string of the molecule is CCOC(c1nc(-c2cncn2C)no1)C1CCCC1. The van der Waals surface area contributed by atoms with Crippen molar-refractivity contribution < 1.29 is 9.26 Å². The average molecular weight is 276 g/mol. The Kier molecular flexibility index (Phi) is 3.82. The minimum Gasteiger partial charge on any atom is -0.368 e. The highest BCUT2D eigenvalue weighted by atomic mass is 16.5. The smallest absolute Gasteiger partial charge is 0.256 e. The van der Waals surface area contributed by atoms with Gasteiger partial charge in [-0.15, -0.1) is 0 Å². The summed E-state index contributed by atoms with van der Waals surface area (Å²) < 4.78 is 13.2. The van der Waals surface area contributed by atoms with Gasteiger partial charge in [0.1, 0.15) is 11.8 Å². The van der Waals surface area contributed by atoms with E-state index >= 15 is 0 Å². The Morgan fingerprint density at radius 1 is 1.45 bits per heavy atom. The van der Waals surface area contributed by atoms with Crippen LogP contribution in [0, 0.1) is 5.92 Å². The second-order valence-corrected chi connectivity index (χ2v) is 5.27. The summed E-state index contributed by atoms with van der Waals surface area (Å²) >= 11 is 0. The highest BCUT2D eigenvalue weighted by molar-refractivity contribution is 5.47. The van der Waals surface area contributed by atoms with Crippen LogP contribution in [0.15, 0.2) is 17.0 Å². The van der Waals surface area contributed by atoms with Crippen molar-refractivity contribution in [2.75, 3.05) is 6.61 Å². The van der Waals surface area contributed by atoms with Gasteiger partial charge in [0.2, 0.25) is 5.82 Å². The Morgan fingerprint density at radius 2 is 2.25 bits per heavy atom. The maximum atomic E-state index is 5.85. The maximum absolute atomic E-state index is 5.85. The minimum absolute atomic E-state index is 0.0722. The van der Waals surface area contributed by atoms with Gasteiger partial charge in [-0.3, -0.25) is 0 Å². The molecule has 6 nitrogen and oxygen atoms in total. The van der Waals surface area contributed by atoms with Crippen molar-refractivity contribution >= 4 is 0 Å². The van der Waals surface area contributed by atoms with E-state index < -0.39 is 0 Å². The zero-order valence-corrected chi connectivity index (χ0v) is 12.0. The van der Waals surface area contributed by atoms with E-state index in [1.165, 1.54) is 25.7 Å². The summed E-state index contributed by atoms with van der Waals surface area (Å²) in [5.41, 5.74) is 0.849. The fraction of sp³-hybridized carbons (Fsp3) is 0.643. The van der Waals surface area contributed by atoms with Crippen LogP contribution in [0.4, 0.5) is 0 Å². The number of hydrogen-bond donors (Lipinski definition) is 0. The second-order valence-electron chi connectivity index (χ2n) is 5.27. The summed E-state index contributed by atoms with van der Waals surface area (Å²) in [6, 6.07) is 0. The van der Waals surface area contributed by atoms with E-state index in [4.69, 9.17) is 9.26 Å². The highest BCUT2D eigenvalue weighted by Gasteiger charge is 2.31. The number of ether oxygens (including phenoxy) is 1. The number of nitrogens with zero attached hydrogens (tertiary/aromatic N) is 4. The average Bonchev–Trinajstić information content (AvgIpc) is 3.17. The molecule has 1 aliphatic rings. The third-order valence-corrected chi connectivity index (χ3v) is 3.91. The van der Waals surface area contributed by atoms with Crippen LogP contribution in [0.1, 0.15) is 44.6 Å². The van der Waals surface area contributed by atoms with Gasteiger partial charge in [0, 0.05) is 13.7 Å². The molecular weight excluding hydrogens is 256 g/mol. The first-order valence-corrected chi connectivity index (χ1v) is 7.21. The molecule has 2 aromatic heterocycles. The van der Waals surface area contributed by atoms with Gasteiger partial charge in [-0.2, -0.15) is 4.98 Å². The van der Waals surface area contributed by atoms with Crippen molar-refractivity contribution in [1.82, 2.24) is 19.7 Å². The molecule has 20 heavy (non-hydrogen) atoms. The van der Waals surface area contributed by atoms with Crippen LogP contribution < -0.4 is 0 Å². The van der Waals surface area contributed by atoms with E-state index in [2.05, 4.69) is 15.1 Å².